The van der Waals surface area contributed by atoms with Gasteiger partial charge in [-0.2, -0.15) is 9.97 Å². The fourth-order valence-electron chi connectivity index (χ4n) is 1.16. The number of hydrogen-bond acceptors (Lipinski definition) is 5. The van der Waals surface area contributed by atoms with Gasteiger partial charge in [-0.05, 0) is 65.4 Å². The van der Waals surface area contributed by atoms with E-state index < -0.39 is 0 Å². The summed E-state index contributed by atoms with van der Waals surface area (Å²) in [7, 11) is 0. The molecular formula is C11H9ClIN3O2. The molecule has 1 aromatic carbocycles. The number of nitrogens with zero attached hydrogens (tertiary/aromatic N) is 3. The number of hydrogen-bond donors (Lipinski definition) is 0. The lowest BCUT2D eigenvalue weighted by Crippen LogP contribution is -2.01. The third kappa shape index (κ3) is 3.67. The molecule has 0 atom stereocenters. The van der Waals surface area contributed by atoms with Crippen LogP contribution in [0.25, 0.3) is 0 Å². The molecule has 0 unspecified atom stereocenters. The second-order valence-corrected chi connectivity index (χ2v) is 4.74. The molecule has 94 valence electrons. The largest absolute Gasteiger partial charge is 0.464 e. The summed E-state index contributed by atoms with van der Waals surface area (Å²) in [6.45, 7) is 2.28. The molecule has 0 aliphatic heterocycles. The van der Waals surface area contributed by atoms with Crippen LogP contribution < -0.4 is 9.47 Å². The molecular weight excluding hydrogens is 368 g/mol. The predicted molar refractivity (Wildman–Crippen MR) is 75.2 cm³/mol. The van der Waals surface area contributed by atoms with Gasteiger partial charge in [0.25, 0.3) is 0 Å². The van der Waals surface area contributed by atoms with Crippen molar-refractivity contribution in [1.82, 2.24) is 15.0 Å². The molecule has 0 bridgehead atoms. The van der Waals surface area contributed by atoms with Gasteiger partial charge in [-0.1, -0.05) is 0 Å². The quantitative estimate of drug-likeness (QED) is 0.765. The van der Waals surface area contributed by atoms with Crippen molar-refractivity contribution < 1.29 is 9.47 Å². The third-order valence-electron chi connectivity index (χ3n) is 1.86. The lowest BCUT2D eigenvalue weighted by atomic mass is 10.3. The van der Waals surface area contributed by atoms with E-state index in [1.807, 2.05) is 31.2 Å². The highest BCUT2D eigenvalue weighted by Gasteiger charge is 2.07. The summed E-state index contributed by atoms with van der Waals surface area (Å²) in [6.07, 6.45) is 0. The van der Waals surface area contributed by atoms with Gasteiger partial charge in [-0.15, -0.1) is 4.98 Å². The molecule has 0 N–H and O–H groups in total. The summed E-state index contributed by atoms with van der Waals surface area (Å²) in [5.41, 5.74) is 0. The van der Waals surface area contributed by atoms with E-state index in [0.29, 0.717) is 12.4 Å². The third-order valence-corrected chi connectivity index (χ3v) is 2.75. The van der Waals surface area contributed by atoms with Crippen LogP contribution in [0.15, 0.2) is 24.3 Å². The first kappa shape index (κ1) is 13.3. The molecule has 2 rings (SSSR count). The van der Waals surface area contributed by atoms with Crippen molar-refractivity contribution in [3.63, 3.8) is 0 Å². The van der Waals surface area contributed by atoms with Crippen LogP contribution in [0, 0.1) is 3.57 Å². The first-order chi connectivity index (χ1) is 8.67. The highest BCUT2D eigenvalue weighted by atomic mass is 127. The van der Waals surface area contributed by atoms with Crippen molar-refractivity contribution >= 4 is 34.2 Å². The average Bonchev–Trinajstić information content (AvgIpc) is 2.32. The standard InChI is InChI=1S/C11H9ClIN3O2/c1-2-17-10-14-9(12)15-11(16-10)18-8-5-3-7(13)4-6-8/h3-6H,2H2,1H3. The molecule has 0 saturated carbocycles. The van der Waals surface area contributed by atoms with Crippen LogP contribution in [0.5, 0.6) is 17.8 Å². The van der Waals surface area contributed by atoms with Gasteiger partial charge in [-0.25, -0.2) is 0 Å². The molecule has 0 aliphatic rings. The zero-order chi connectivity index (χ0) is 13.0. The molecule has 1 heterocycles. The van der Waals surface area contributed by atoms with Crippen LogP contribution >= 0.6 is 34.2 Å². The van der Waals surface area contributed by atoms with E-state index in [1.165, 1.54) is 0 Å². The van der Waals surface area contributed by atoms with Crippen molar-refractivity contribution in [3.8, 4) is 17.8 Å². The molecule has 0 aliphatic carbocycles. The van der Waals surface area contributed by atoms with E-state index in [-0.39, 0.29) is 17.3 Å². The molecule has 5 nitrogen and oxygen atoms in total. The van der Waals surface area contributed by atoms with Crippen molar-refractivity contribution in [1.29, 1.82) is 0 Å². The van der Waals surface area contributed by atoms with Crippen molar-refractivity contribution in [3.05, 3.63) is 33.1 Å². The highest BCUT2D eigenvalue weighted by Crippen LogP contribution is 2.21. The normalized spacial score (nSPS) is 10.2. The van der Waals surface area contributed by atoms with E-state index in [4.69, 9.17) is 21.1 Å². The van der Waals surface area contributed by atoms with Crippen LogP contribution in [0.2, 0.25) is 5.28 Å². The van der Waals surface area contributed by atoms with Gasteiger partial charge >= 0.3 is 12.0 Å². The molecule has 18 heavy (non-hydrogen) atoms. The summed E-state index contributed by atoms with van der Waals surface area (Å²) in [5.74, 6) is 0.625. The minimum atomic E-state index is 0.0361. The molecule has 0 fully saturated rings. The summed E-state index contributed by atoms with van der Waals surface area (Å²) >= 11 is 7.96. The fourth-order valence-corrected chi connectivity index (χ4v) is 1.67. The maximum Gasteiger partial charge on any atom is 0.329 e. The summed E-state index contributed by atoms with van der Waals surface area (Å²) in [4.78, 5) is 11.7. The van der Waals surface area contributed by atoms with Crippen molar-refractivity contribution in [2.45, 2.75) is 6.92 Å². The van der Waals surface area contributed by atoms with E-state index >= 15 is 0 Å². The summed E-state index contributed by atoms with van der Waals surface area (Å²) in [5, 5.41) is 0.0361. The number of rotatable bonds is 4. The Morgan fingerprint density at radius 2 is 1.78 bits per heavy atom. The number of aromatic nitrogens is 3. The van der Waals surface area contributed by atoms with Crippen molar-refractivity contribution in [2.24, 2.45) is 0 Å². The Morgan fingerprint density at radius 3 is 2.44 bits per heavy atom. The van der Waals surface area contributed by atoms with Crippen LogP contribution in [0.4, 0.5) is 0 Å². The number of benzene rings is 1. The minimum Gasteiger partial charge on any atom is -0.464 e. The lowest BCUT2D eigenvalue weighted by molar-refractivity contribution is 0.303. The fraction of sp³-hybridized carbons (Fsp3) is 0.182. The van der Waals surface area contributed by atoms with Crippen LogP contribution in [0.3, 0.4) is 0 Å². The lowest BCUT2D eigenvalue weighted by Gasteiger charge is -2.05. The Kier molecular flexibility index (Phi) is 4.54. The summed E-state index contributed by atoms with van der Waals surface area (Å²) < 4.78 is 11.7. The van der Waals surface area contributed by atoms with Crippen LogP contribution in [0.1, 0.15) is 6.92 Å². The van der Waals surface area contributed by atoms with Crippen LogP contribution in [-0.4, -0.2) is 21.6 Å². The molecule has 0 amide bonds. The van der Waals surface area contributed by atoms with E-state index in [0.717, 1.165) is 3.57 Å². The molecule has 0 spiro atoms. The number of halogens is 2. The second kappa shape index (κ2) is 6.14. The van der Waals surface area contributed by atoms with E-state index in [2.05, 4.69) is 37.5 Å². The van der Waals surface area contributed by atoms with Gasteiger partial charge in [0.05, 0.1) is 6.61 Å². The molecule has 0 saturated heterocycles. The molecule has 0 radical (unpaired) electrons. The minimum absolute atomic E-state index is 0.0361. The maximum atomic E-state index is 5.75. The number of ether oxygens (including phenoxy) is 2. The SMILES string of the molecule is CCOc1nc(Cl)nc(Oc2ccc(I)cc2)n1. The highest BCUT2D eigenvalue weighted by molar-refractivity contribution is 14.1. The van der Waals surface area contributed by atoms with E-state index in [1.54, 1.807) is 0 Å². The topological polar surface area (TPSA) is 57.1 Å². The Bertz CT molecular complexity index is 536. The molecule has 1 aromatic heterocycles. The summed E-state index contributed by atoms with van der Waals surface area (Å²) in [6, 6.07) is 7.74. The van der Waals surface area contributed by atoms with Crippen molar-refractivity contribution in [2.75, 3.05) is 6.61 Å². The van der Waals surface area contributed by atoms with Crippen LogP contribution in [-0.2, 0) is 0 Å². The predicted octanol–water partition coefficient (Wildman–Crippen LogP) is 3.32. The van der Waals surface area contributed by atoms with Gasteiger partial charge in [0, 0.05) is 3.57 Å². The second-order valence-electron chi connectivity index (χ2n) is 3.16. The first-order valence-electron chi connectivity index (χ1n) is 5.15. The molecule has 2 aromatic rings. The first-order valence-corrected chi connectivity index (χ1v) is 6.61. The Labute approximate surface area is 123 Å². The molecule has 7 heteroatoms. The average molecular weight is 378 g/mol. The Hall–Kier alpha value is -1.15. The Balaban J connectivity index is 2.20. The smallest absolute Gasteiger partial charge is 0.329 e. The van der Waals surface area contributed by atoms with Gasteiger partial charge in [0.1, 0.15) is 5.75 Å². The van der Waals surface area contributed by atoms with Gasteiger partial charge in [0.2, 0.25) is 5.28 Å². The Morgan fingerprint density at radius 1 is 1.11 bits per heavy atom. The van der Waals surface area contributed by atoms with Gasteiger partial charge < -0.3 is 9.47 Å². The maximum absolute atomic E-state index is 5.75. The monoisotopic (exact) mass is 377 g/mol. The van der Waals surface area contributed by atoms with E-state index in [9.17, 15) is 0 Å². The van der Waals surface area contributed by atoms with Gasteiger partial charge in [-0.3, -0.25) is 0 Å². The zero-order valence-corrected chi connectivity index (χ0v) is 12.3. The van der Waals surface area contributed by atoms with Gasteiger partial charge in [0.15, 0.2) is 0 Å². The zero-order valence-electron chi connectivity index (χ0n) is 9.43.